The molecule has 0 aliphatic carbocycles. The number of nitrogen functional groups attached to an aromatic ring is 1. The predicted molar refractivity (Wildman–Crippen MR) is 76.7 cm³/mol. The second-order valence-corrected chi connectivity index (χ2v) is 4.84. The van der Waals surface area contributed by atoms with Gasteiger partial charge in [-0.15, -0.1) is 0 Å². The number of halogens is 3. The Morgan fingerprint density at radius 2 is 1.90 bits per heavy atom. The largest absolute Gasteiger partial charge is 0.367 e. The van der Waals surface area contributed by atoms with Crippen LogP contribution in [0.1, 0.15) is 0 Å². The summed E-state index contributed by atoms with van der Waals surface area (Å²) in [6.45, 7) is 0. The van der Waals surface area contributed by atoms with E-state index in [1.54, 1.807) is 24.3 Å². The highest BCUT2D eigenvalue weighted by molar-refractivity contribution is 6.30. The Labute approximate surface area is 123 Å². The van der Waals surface area contributed by atoms with Crippen LogP contribution in [0.3, 0.4) is 0 Å². The number of hydrogen-bond donors (Lipinski definition) is 1. The molecule has 0 aliphatic rings. The number of nitrogens with two attached hydrogens (primary N) is 1. The van der Waals surface area contributed by atoms with Gasteiger partial charge in [-0.25, -0.2) is 8.78 Å². The zero-order valence-corrected chi connectivity index (χ0v) is 11.4. The highest BCUT2D eigenvalue weighted by Crippen LogP contribution is 2.37. The quantitative estimate of drug-likeness (QED) is 0.757. The molecule has 0 aliphatic heterocycles. The zero-order chi connectivity index (χ0) is 15.0. The molecule has 21 heavy (non-hydrogen) atoms. The molecule has 106 valence electrons. The molecule has 6 heteroatoms. The van der Waals surface area contributed by atoms with Crippen LogP contribution in [-0.4, -0.2) is 5.16 Å². The van der Waals surface area contributed by atoms with Gasteiger partial charge in [0.05, 0.1) is 5.56 Å². The topological polar surface area (TPSA) is 52.0 Å². The van der Waals surface area contributed by atoms with Gasteiger partial charge in [-0.3, -0.25) is 0 Å². The highest BCUT2D eigenvalue weighted by Gasteiger charge is 2.20. The maximum Gasteiger partial charge on any atom is 0.230 e. The maximum absolute atomic E-state index is 13.9. The monoisotopic (exact) mass is 306 g/mol. The normalized spacial score (nSPS) is 10.8. The molecule has 3 aromatic rings. The molecule has 0 saturated carbocycles. The minimum absolute atomic E-state index is 0.0380. The first-order chi connectivity index (χ1) is 10.1. The Balaban J connectivity index is 2.22. The van der Waals surface area contributed by atoms with E-state index in [-0.39, 0.29) is 17.1 Å². The van der Waals surface area contributed by atoms with Crippen molar-refractivity contribution in [2.75, 3.05) is 5.73 Å². The smallest absolute Gasteiger partial charge is 0.230 e. The minimum Gasteiger partial charge on any atom is -0.367 e. The molecule has 1 heterocycles. The molecule has 0 unspecified atom stereocenters. The van der Waals surface area contributed by atoms with Crippen LogP contribution in [-0.2, 0) is 0 Å². The number of aromatic nitrogens is 1. The van der Waals surface area contributed by atoms with Gasteiger partial charge < -0.3 is 10.3 Å². The third kappa shape index (κ3) is 2.48. The zero-order valence-electron chi connectivity index (χ0n) is 10.6. The lowest BCUT2D eigenvalue weighted by Crippen LogP contribution is -1.91. The molecule has 0 bridgehead atoms. The van der Waals surface area contributed by atoms with E-state index in [1.807, 2.05) is 0 Å². The lowest BCUT2D eigenvalue weighted by atomic mass is 10.0. The van der Waals surface area contributed by atoms with Crippen molar-refractivity contribution in [3.05, 3.63) is 59.1 Å². The molecular weight excluding hydrogens is 298 g/mol. The van der Waals surface area contributed by atoms with Crippen molar-refractivity contribution in [1.29, 1.82) is 0 Å². The summed E-state index contributed by atoms with van der Waals surface area (Å²) < 4.78 is 31.9. The second-order valence-electron chi connectivity index (χ2n) is 4.40. The molecule has 0 amide bonds. The van der Waals surface area contributed by atoms with Crippen molar-refractivity contribution >= 4 is 17.5 Å². The fraction of sp³-hybridized carbons (Fsp3) is 0. The summed E-state index contributed by atoms with van der Waals surface area (Å²) in [4.78, 5) is 0. The Kier molecular flexibility index (Phi) is 3.35. The van der Waals surface area contributed by atoms with Gasteiger partial charge in [-0.2, -0.15) is 0 Å². The van der Waals surface area contributed by atoms with Crippen molar-refractivity contribution in [2.24, 2.45) is 0 Å². The molecule has 0 radical (unpaired) electrons. The van der Waals surface area contributed by atoms with E-state index in [4.69, 9.17) is 21.9 Å². The van der Waals surface area contributed by atoms with E-state index >= 15 is 0 Å². The molecule has 3 rings (SSSR count). The van der Waals surface area contributed by atoms with E-state index in [1.165, 1.54) is 6.07 Å². The van der Waals surface area contributed by atoms with Gasteiger partial charge in [-0.05, 0) is 29.8 Å². The van der Waals surface area contributed by atoms with Crippen molar-refractivity contribution < 1.29 is 13.3 Å². The van der Waals surface area contributed by atoms with Crippen molar-refractivity contribution in [2.45, 2.75) is 0 Å². The Hall–Kier alpha value is -2.40. The van der Waals surface area contributed by atoms with Gasteiger partial charge in [0.15, 0.2) is 0 Å². The van der Waals surface area contributed by atoms with Crippen molar-refractivity contribution in [3.63, 3.8) is 0 Å². The van der Waals surface area contributed by atoms with Crippen LogP contribution in [0.4, 0.5) is 14.7 Å². The van der Waals surface area contributed by atoms with Crippen LogP contribution in [0.25, 0.3) is 22.4 Å². The first-order valence-electron chi connectivity index (χ1n) is 6.03. The number of rotatable bonds is 2. The van der Waals surface area contributed by atoms with Crippen LogP contribution in [0.2, 0.25) is 5.02 Å². The van der Waals surface area contributed by atoms with Crippen LogP contribution < -0.4 is 5.73 Å². The first-order valence-corrected chi connectivity index (χ1v) is 6.40. The van der Waals surface area contributed by atoms with Gasteiger partial charge in [0.2, 0.25) is 5.88 Å². The van der Waals surface area contributed by atoms with Gasteiger partial charge >= 0.3 is 0 Å². The summed E-state index contributed by atoms with van der Waals surface area (Å²) in [6, 6.07) is 10.1. The van der Waals surface area contributed by atoms with E-state index in [9.17, 15) is 8.78 Å². The Bertz CT molecular complexity index is 817. The molecule has 1 aromatic heterocycles. The average Bonchev–Trinajstić information content (AvgIpc) is 2.80. The molecule has 2 N–H and O–H groups in total. The summed E-state index contributed by atoms with van der Waals surface area (Å²) in [6.07, 6.45) is 0. The van der Waals surface area contributed by atoms with E-state index < -0.39 is 11.6 Å². The highest BCUT2D eigenvalue weighted by atomic mass is 35.5. The summed E-state index contributed by atoms with van der Waals surface area (Å²) in [5, 5.41) is 4.28. The molecule has 0 spiro atoms. The van der Waals surface area contributed by atoms with E-state index in [2.05, 4.69) is 5.16 Å². The summed E-state index contributed by atoms with van der Waals surface area (Å²) in [5.74, 6) is -1.38. The SMILES string of the molecule is Nc1onc(-c2ccc(F)cc2F)c1-c1cccc(Cl)c1. The molecule has 0 saturated heterocycles. The van der Waals surface area contributed by atoms with Crippen LogP contribution in [0.15, 0.2) is 47.0 Å². The van der Waals surface area contributed by atoms with Gasteiger partial charge in [-0.1, -0.05) is 28.9 Å². The third-order valence-corrected chi connectivity index (χ3v) is 3.25. The van der Waals surface area contributed by atoms with Crippen molar-refractivity contribution in [3.8, 4) is 22.4 Å². The maximum atomic E-state index is 13.9. The van der Waals surface area contributed by atoms with Gasteiger partial charge in [0.25, 0.3) is 0 Å². The predicted octanol–water partition coefficient (Wildman–Crippen LogP) is 4.52. The lowest BCUT2D eigenvalue weighted by molar-refractivity contribution is 0.439. The standard InChI is InChI=1S/C15H9ClF2N2O/c16-9-3-1-2-8(6-9)13-14(20-21-15(13)19)11-5-4-10(17)7-12(11)18/h1-7H,19H2. The number of anilines is 1. The average molecular weight is 307 g/mol. The minimum atomic E-state index is -0.744. The molecule has 3 nitrogen and oxygen atoms in total. The Morgan fingerprint density at radius 3 is 2.62 bits per heavy atom. The fourth-order valence-electron chi connectivity index (χ4n) is 2.09. The van der Waals surface area contributed by atoms with Crippen LogP contribution in [0, 0.1) is 11.6 Å². The third-order valence-electron chi connectivity index (χ3n) is 3.02. The summed E-state index contributed by atoms with van der Waals surface area (Å²) in [5.41, 5.74) is 7.14. The van der Waals surface area contributed by atoms with Crippen molar-refractivity contribution in [1.82, 2.24) is 5.16 Å². The van der Waals surface area contributed by atoms with E-state index in [0.29, 0.717) is 16.1 Å². The Morgan fingerprint density at radius 1 is 1.10 bits per heavy atom. The summed E-state index contributed by atoms with van der Waals surface area (Å²) >= 11 is 5.95. The summed E-state index contributed by atoms with van der Waals surface area (Å²) in [7, 11) is 0. The van der Waals surface area contributed by atoms with E-state index in [0.717, 1.165) is 12.1 Å². The van der Waals surface area contributed by atoms with Gasteiger partial charge in [0.1, 0.15) is 17.3 Å². The number of hydrogen-bond acceptors (Lipinski definition) is 3. The molecule has 0 fully saturated rings. The van der Waals surface area contributed by atoms with Crippen LogP contribution in [0.5, 0.6) is 0 Å². The molecular formula is C15H9ClF2N2O. The number of benzene rings is 2. The number of nitrogens with zero attached hydrogens (tertiary/aromatic N) is 1. The first kappa shape index (κ1) is 13.6. The lowest BCUT2D eigenvalue weighted by Gasteiger charge is -2.04. The van der Waals surface area contributed by atoms with Crippen LogP contribution >= 0.6 is 11.6 Å². The molecule has 0 atom stereocenters. The molecule has 2 aromatic carbocycles. The fourth-order valence-corrected chi connectivity index (χ4v) is 2.28. The van der Waals surface area contributed by atoms with Gasteiger partial charge in [0, 0.05) is 16.7 Å². The second kappa shape index (κ2) is 5.18.